The van der Waals surface area contributed by atoms with E-state index in [0.29, 0.717) is 0 Å². The lowest BCUT2D eigenvalue weighted by atomic mass is 10.1. The van der Waals surface area contributed by atoms with Gasteiger partial charge in [0.1, 0.15) is 11.9 Å². The number of nitrogens with one attached hydrogen (secondary N) is 2. The smallest absolute Gasteiger partial charge is 0.195 e. The number of aromatic nitrogens is 2. The third-order valence-electron chi connectivity index (χ3n) is 3.72. The van der Waals surface area contributed by atoms with Crippen LogP contribution in [0.2, 0.25) is 0 Å². The molecule has 1 aromatic heterocycles. The van der Waals surface area contributed by atoms with Crippen LogP contribution in [0, 0.1) is 22.9 Å². The summed E-state index contributed by atoms with van der Waals surface area (Å²) >= 11 is 0. The molecule has 3 rings (SSSR count). The van der Waals surface area contributed by atoms with E-state index in [-0.39, 0.29) is 24.6 Å². The molecule has 10 heteroatoms. The van der Waals surface area contributed by atoms with Crippen molar-refractivity contribution >= 4 is 5.84 Å². The molecule has 138 valence electrons. The van der Waals surface area contributed by atoms with E-state index < -0.39 is 47.8 Å². The molecule has 1 atom stereocenters. The summed E-state index contributed by atoms with van der Waals surface area (Å²) < 4.78 is 52.4. The van der Waals surface area contributed by atoms with Gasteiger partial charge in [-0.2, -0.15) is 0 Å². The van der Waals surface area contributed by atoms with Crippen molar-refractivity contribution in [2.45, 2.75) is 12.3 Å². The van der Waals surface area contributed by atoms with Gasteiger partial charge in [0.05, 0.1) is 25.4 Å². The molecule has 1 fully saturated rings. The Labute approximate surface area is 146 Å². The standard InChI is InChI=1S/C16H15F3N4O3/c17-11-8(6-9(12(18)13(11)19)16-25-4-5-26-16)14(20)23-10(7-24)15-21-2-1-3-22-15/h1-3,6,10,16,24H,4-5,7H2,(H2,20,23). The average Bonchev–Trinajstić information content (AvgIpc) is 3.19. The monoisotopic (exact) mass is 368 g/mol. The molecule has 1 aliphatic rings. The fourth-order valence-corrected chi connectivity index (χ4v) is 2.45. The number of benzene rings is 1. The lowest BCUT2D eigenvalue weighted by molar-refractivity contribution is -0.0469. The minimum atomic E-state index is -1.74. The van der Waals surface area contributed by atoms with Gasteiger partial charge in [-0.25, -0.2) is 23.1 Å². The zero-order chi connectivity index (χ0) is 18.7. The molecule has 0 amide bonds. The second kappa shape index (κ2) is 7.77. The van der Waals surface area contributed by atoms with E-state index in [2.05, 4.69) is 15.3 Å². The van der Waals surface area contributed by atoms with Gasteiger partial charge in [-0.1, -0.05) is 0 Å². The number of nitrogens with zero attached hydrogens (tertiary/aromatic N) is 2. The Bertz CT molecular complexity index is 801. The van der Waals surface area contributed by atoms with Crippen molar-refractivity contribution in [3.05, 3.63) is 58.9 Å². The number of aliphatic hydroxyl groups excluding tert-OH is 1. The van der Waals surface area contributed by atoms with Crippen molar-refractivity contribution in [3.8, 4) is 0 Å². The van der Waals surface area contributed by atoms with E-state index in [0.717, 1.165) is 6.07 Å². The van der Waals surface area contributed by atoms with Crippen molar-refractivity contribution < 1.29 is 27.8 Å². The molecule has 26 heavy (non-hydrogen) atoms. The largest absolute Gasteiger partial charge is 0.394 e. The maximum absolute atomic E-state index is 14.2. The van der Waals surface area contributed by atoms with Crippen LogP contribution in [0.15, 0.2) is 24.5 Å². The Morgan fingerprint density at radius 3 is 2.46 bits per heavy atom. The Morgan fingerprint density at radius 1 is 1.19 bits per heavy atom. The van der Waals surface area contributed by atoms with Crippen molar-refractivity contribution in [2.75, 3.05) is 19.8 Å². The van der Waals surface area contributed by atoms with Crippen LogP contribution in [-0.2, 0) is 9.47 Å². The Kier molecular flexibility index (Phi) is 5.45. The molecular weight excluding hydrogens is 353 g/mol. The van der Waals surface area contributed by atoms with Crippen LogP contribution in [0.1, 0.15) is 29.3 Å². The second-order valence-corrected chi connectivity index (χ2v) is 5.39. The van der Waals surface area contributed by atoms with Crippen LogP contribution in [0.4, 0.5) is 13.2 Å². The summed E-state index contributed by atoms with van der Waals surface area (Å²) in [5.41, 5.74) is -0.883. The van der Waals surface area contributed by atoms with Crippen molar-refractivity contribution in [1.29, 1.82) is 5.41 Å². The summed E-state index contributed by atoms with van der Waals surface area (Å²) in [4.78, 5) is 7.87. The fourth-order valence-electron chi connectivity index (χ4n) is 2.45. The molecule has 2 aromatic rings. The number of halogens is 3. The predicted molar refractivity (Wildman–Crippen MR) is 82.8 cm³/mol. The lowest BCUT2D eigenvalue weighted by Crippen LogP contribution is -2.33. The first kappa shape index (κ1) is 18.2. The van der Waals surface area contributed by atoms with Crippen LogP contribution < -0.4 is 5.32 Å². The third kappa shape index (κ3) is 3.52. The Balaban J connectivity index is 1.91. The van der Waals surface area contributed by atoms with E-state index in [1.807, 2.05) is 0 Å². The number of amidine groups is 1. The normalized spacial score (nSPS) is 15.8. The minimum absolute atomic E-state index is 0.158. The summed E-state index contributed by atoms with van der Waals surface area (Å²) in [6, 6.07) is 1.57. The highest BCUT2D eigenvalue weighted by molar-refractivity contribution is 5.97. The zero-order valence-electron chi connectivity index (χ0n) is 13.4. The molecule has 1 saturated heterocycles. The molecule has 0 saturated carbocycles. The Hall–Kier alpha value is -2.56. The molecule has 3 N–H and O–H groups in total. The molecule has 0 bridgehead atoms. The van der Waals surface area contributed by atoms with Crippen LogP contribution in [0.3, 0.4) is 0 Å². The number of aliphatic hydroxyl groups is 1. The topological polar surface area (TPSA) is 100 Å². The van der Waals surface area contributed by atoms with Crippen LogP contribution in [0.25, 0.3) is 0 Å². The lowest BCUT2D eigenvalue weighted by Gasteiger charge is -2.19. The van der Waals surface area contributed by atoms with Crippen molar-refractivity contribution in [3.63, 3.8) is 0 Å². The molecule has 1 unspecified atom stereocenters. The molecule has 2 heterocycles. The molecule has 0 spiro atoms. The van der Waals surface area contributed by atoms with Gasteiger partial charge < -0.3 is 19.9 Å². The summed E-state index contributed by atoms with van der Waals surface area (Å²) in [5, 5.41) is 20.0. The predicted octanol–water partition coefficient (Wildman–Crippen LogP) is 1.59. The molecule has 0 aliphatic carbocycles. The van der Waals surface area contributed by atoms with E-state index in [4.69, 9.17) is 14.9 Å². The summed E-state index contributed by atoms with van der Waals surface area (Å²) in [7, 11) is 0. The maximum Gasteiger partial charge on any atom is 0.195 e. The van der Waals surface area contributed by atoms with Gasteiger partial charge >= 0.3 is 0 Å². The first-order valence-corrected chi connectivity index (χ1v) is 7.66. The van der Waals surface area contributed by atoms with Crippen LogP contribution >= 0.6 is 0 Å². The van der Waals surface area contributed by atoms with E-state index >= 15 is 0 Å². The minimum Gasteiger partial charge on any atom is -0.394 e. The van der Waals surface area contributed by atoms with Crippen molar-refractivity contribution in [2.24, 2.45) is 0 Å². The van der Waals surface area contributed by atoms with Gasteiger partial charge in [-0.3, -0.25) is 5.41 Å². The van der Waals surface area contributed by atoms with Gasteiger partial charge in [0.15, 0.2) is 29.6 Å². The van der Waals surface area contributed by atoms with E-state index in [9.17, 15) is 18.3 Å². The molecule has 7 nitrogen and oxygen atoms in total. The quantitative estimate of drug-likeness (QED) is 0.421. The maximum atomic E-state index is 14.2. The van der Waals surface area contributed by atoms with Crippen LogP contribution in [-0.4, -0.2) is 40.7 Å². The van der Waals surface area contributed by atoms with Gasteiger partial charge in [-0.05, 0) is 12.1 Å². The van der Waals surface area contributed by atoms with Gasteiger partial charge in [-0.15, -0.1) is 0 Å². The first-order chi connectivity index (χ1) is 12.5. The number of hydrogen-bond acceptors (Lipinski definition) is 6. The van der Waals surface area contributed by atoms with Crippen LogP contribution in [0.5, 0.6) is 0 Å². The number of hydrogen-bond donors (Lipinski definition) is 3. The molecule has 1 aromatic carbocycles. The van der Waals surface area contributed by atoms with E-state index in [1.165, 1.54) is 12.4 Å². The molecule has 1 aliphatic heterocycles. The zero-order valence-corrected chi connectivity index (χ0v) is 13.4. The third-order valence-corrected chi connectivity index (χ3v) is 3.72. The van der Waals surface area contributed by atoms with Gasteiger partial charge in [0.2, 0.25) is 0 Å². The molecule has 0 radical (unpaired) electrons. The number of rotatable bonds is 5. The highest BCUT2D eigenvalue weighted by Crippen LogP contribution is 2.30. The number of ether oxygens (including phenoxy) is 2. The fraction of sp³-hybridized carbons (Fsp3) is 0.312. The molecular formula is C16H15F3N4O3. The van der Waals surface area contributed by atoms with Crippen molar-refractivity contribution in [1.82, 2.24) is 15.3 Å². The second-order valence-electron chi connectivity index (χ2n) is 5.39. The van der Waals surface area contributed by atoms with Gasteiger partial charge in [0, 0.05) is 18.0 Å². The van der Waals surface area contributed by atoms with E-state index in [1.54, 1.807) is 6.07 Å². The first-order valence-electron chi connectivity index (χ1n) is 7.66. The average molecular weight is 368 g/mol. The summed E-state index contributed by atoms with van der Waals surface area (Å²) in [5.74, 6) is -5.12. The highest BCUT2D eigenvalue weighted by Gasteiger charge is 2.29. The summed E-state index contributed by atoms with van der Waals surface area (Å²) in [6.07, 6.45) is 1.69. The van der Waals surface area contributed by atoms with Gasteiger partial charge in [0.25, 0.3) is 0 Å². The highest BCUT2D eigenvalue weighted by atomic mass is 19.2. The summed E-state index contributed by atoms with van der Waals surface area (Å²) in [6.45, 7) is -0.127. The SMILES string of the molecule is N=C(NC(CO)c1ncccn1)c1cc(C2OCCO2)c(F)c(F)c1F. The Morgan fingerprint density at radius 2 is 1.85 bits per heavy atom.